The van der Waals surface area contributed by atoms with Crippen molar-refractivity contribution in [1.82, 2.24) is 4.98 Å². The zero-order chi connectivity index (χ0) is 11.1. The molecule has 1 fully saturated rings. The van der Waals surface area contributed by atoms with Gasteiger partial charge in [-0.3, -0.25) is 14.5 Å². The van der Waals surface area contributed by atoms with Gasteiger partial charge in [0.05, 0.1) is 23.2 Å². The van der Waals surface area contributed by atoms with E-state index in [2.05, 4.69) is 4.98 Å². The van der Waals surface area contributed by atoms with Gasteiger partial charge in [-0.15, -0.1) is 0 Å². The van der Waals surface area contributed by atoms with Crippen molar-refractivity contribution in [1.29, 1.82) is 0 Å². The fourth-order valence-corrected chi connectivity index (χ4v) is 2.72. The second kappa shape index (κ2) is 3.38. The first-order valence-electron chi connectivity index (χ1n) is 4.92. The second-order valence-electron chi connectivity index (χ2n) is 3.66. The maximum atomic E-state index is 11.5. The van der Waals surface area contributed by atoms with Crippen molar-refractivity contribution < 1.29 is 9.59 Å². The molecule has 5 heteroatoms. The average molecular weight is 232 g/mol. The number of benzene rings is 1. The van der Waals surface area contributed by atoms with Crippen LogP contribution in [0.1, 0.15) is 6.42 Å². The van der Waals surface area contributed by atoms with Crippen molar-refractivity contribution in [2.45, 2.75) is 6.42 Å². The van der Waals surface area contributed by atoms with Crippen LogP contribution in [-0.2, 0) is 9.59 Å². The van der Waals surface area contributed by atoms with Crippen LogP contribution in [0.3, 0.4) is 0 Å². The molecule has 0 unspecified atom stereocenters. The van der Waals surface area contributed by atoms with Crippen LogP contribution < -0.4 is 4.90 Å². The predicted octanol–water partition coefficient (Wildman–Crippen LogP) is 1.60. The number of carbonyl (C=O) groups excluding carboxylic acids is 2. The third kappa shape index (κ3) is 1.40. The van der Waals surface area contributed by atoms with E-state index < -0.39 is 0 Å². The van der Waals surface area contributed by atoms with Gasteiger partial charge in [0.2, 0.25) is 5.91 Å². The summed E-state index contributed by atoms with van der Waals surface area (Å²) in [6.07, 6.45) is 0.00985. The van der Waals surface area contributed by atoms with Gasteiger partial charge in [0.15, 0.2) is 10.9 Å². The SMILES string of the molecule is O=C1CC(=O)N(c2nc3ccccc3s2)C1. The van der Waals surface area contributed by atoms with Gasteiger partial charge in [-0.2, -0.15) is 0 Å². The summed E-state index contributed by atoms with van der Waals surface area (Å²) in [5, 5.41) is 0.622. The fraction of sp³-hybridized carbons (Fsp3) is 0.182. The zero-order valence-electron chi connectivity index (χ0n) is 8.34. The number of ketones is 1. The van der Waals surface area contributed by atoms with Crippen LogP contribution >= 0.6 is 11.3 Å². The molecule has 0 radical (unpaired) electrons. The number of nitrogens with zero attached hydrogens (tertiary/aromatic N) is 2. The first kappa shape index (κ1) is 9.47. The maximum Gasteiger partial charge on any atom is 0.236 e. The number of fused-ring (bicyclic) bond motifs is 1. The third-order valence-electron chi connectivity index (χ3n) is 2.50. The molecule has 1 saturated heterocycles. The Morgan fingerprint density at radius 1 is 1.25 bits per heavy atom. The summed E-state index contributed by atoms with van der Waals surface area (Å²) >= 11 is 1.44. The monoisotopic (exact) mass is 232 g/mol. The Morgan fingerprint density at radius 3 is 2.75 bits per heavy atom. The summed E-state index contributed by atoms with van der Waals surface area (Å²) in [6.45, 7) is 0.165. The molecule has 0 spiro atoms. The molecule has 1 aliphatic heterocycles. The summed E-state index contributed by atoms with van der Waals surface area (Å²) < 4.78 is 1.03. The van der Waals surface area contributed by atoms with Gasteiger partial charge < -0.3 is 0 Å². The Hall–Kier alpha value is -1.75. The average Bonchev–Trinajstić information content (AvgIpc) is 2.81. The summed E-state index contributed by atoms with van der Waals surface area (Å²) in [7, 11) is 0. The molecule has 80 valence electrons. The highest BCUT2D eigenvalue weighted by atomic mass is 32.1. The summed E-state index contributed by atoms with van der Waals surface area (Å²) in [5.41, 5.74) is 0.870. The minimum absolute atomic E-state index is 0.00985. The van der Waals surface area contributed by atoms with Gasteiger partial charge in [-0.25, -0.2) is 4.98 Å². The van der Waals surface area contributed by atoms with Gasteiger partial charge in [0.25, 0.3) is 0 Å². The van der Waals surface area contributed by atoms with E-state index in [0.717, 1.165) is 10.2 Å². The number of anilines is 1. The Kier molecular flexibility index (Phi) is 2.00. The number of carbonyl (C=O) groups is 2. The van der Waals surface area contributed by atoms with E-state index in [1.807, 2.05) is 24.3 Å². The first-order chi connectivity index (χ1) is 7.74. The van der Waals surface area contributed by atoms with E-state index in [4.69, 9.17) is 0 Å². The van der Waals surface area contributed by atoms with Gasteiger partial charge in [0.1, 0.15) is 0 Å². The van der Waals surface area contributed by atoms with Crippen LogP contribution in [0.4, 0.5) is 5.13 Å². The van der Waals surface area contributed by atoms with E-state index in [1.165, 1.54) is 16.2 Å². The molecule has 0 atom stereocenters. The van der Waals surface area contributed by atoms with Gasteiger partial charge >= 0.3 is 0 Å². The van der Waals surface area contributed by atoms with E-state index in [1.54, 1.807) is 0 Å². The number of hydrogen-bond acceptors (Lipinski definition) is 4. The van der Waals surface area contributed by atoms with Crippen LogP contribution in [0.25, 0.3) is 10.2 Å². The van der Waals surface area contributed by atoms with Crippen molar-refractivity contribution in [2.24, 2.45) is 0 Å². The molecule has 1 aromatic carbocycles. The van der Waals surface area contributed by atoms with E-state index in [-0.39, 0.29) is 24.7 Å². The molecular formula is C11H8N2O2S. The number of amides is 1. The number of thiazole rings is 1. The maximum absolute atomic E-state index is 11.5. The lowest BCUT2D eigenvalue weighted by atomic mass is 10.3. The molecule has 0 saturated carbocycles. The minimum atomic E-state index is -0.149. The highest BCUT2D eigenvalue weighted by Crippen LogP contribution is 2.30. The fourth-order valence-electron chi connectivity index (χ4n) is 1.73. The van der Waals surface area contributed by atoms with E-state index >= 15 is 0 Å². The molecule has 1 aromatic heterocycles. The largest absolute Gasteiger partial charge is 0.297 e. The normalized spacial score (nSPS) is 16.4. The second-order valence-corrected chi connectivity index (χ2v) is 4.67. The third-order valence-corrected chi connectivity index (χ3v) is 3.56. The topological polar surface area (TPSA) is 50.3 Å². The Balaban J connectivity index is 2.06. The highest BCUT2D eigenvalue weighted by molar-refractivity contribution is 7.22. The van der Waals surface area contributed by atoms with Crippen LogP contribution in [0.15, 0.2) is 24.3 Å². The molecule has 4 nitrogen and oxygen atoms in total. The number of Topliss-reactive ketones (excluding diaryl/α,β-unsaturated/α-hetero) is 1. The van der Waals surface area contributed by atoms with Gasteiger partial charge in [-0.05, 0) is 12.1 Å². The quantitative estimate of drug-likeness (QED) is 0.702. The van der Waals surface area contributed by atoms with Crippen molar-refractivity contribution in [3.63, 3.8) is 0 Å². The molecule has 1 aliphatic rings. The summed E-state index contributed by atoms with van der Waals surface area (Å²) in [4.78, 5) is 28.5. The summed E-state index contributed by atoms with van der Waals surface area (Å²) in [6, 6.07) is 7.70. The molecule has 2 aromatic rings. The van der Waals surface area contributed by atoms with Crippen molar-refractivity contribution in [2.75, 3.05) is 11.4 Å². The Bertz CT molecular complexity index is 557. The Labute approximate surface area is 95.5 Å². The lowest BCUT2D eigenvalue weighted by Gasteiger charge is -2.08. The van der Waals surface area contributed by atoms with Crippen LogP contribution in [0.5, 0.6) is 0 Å². The van der Waals surface area contributed by atoms with Gasteiger partial charge in [-0.1, -0.05) is 23.5 Å². The lowest BCUT2D eigenvalue weighted by Crippen LogP contribution is -2.24. The molecule has 2 heterocycles. The molecule has 0 aliphatic carbocycles. The zero-order valence-corrected chi connectivity index (χ0v) is 9.16. The van der Waals surface area contributed by atoms with Crippen LogP contribution in [0.2, 0.25) is 0 Å². The van der Waals surface area contributed by atoms with E-state index in [0.29, 0.717) is 5.13 Å². The molecular weight excluding hydrogens is 224 g/mol. The van der Waals surface area contributed by atoms with Crippen LogP contribution in [0, 0.1) is 0 Å². The molecule has 0 bridgehead atoms. The highest BCUT2D eigenvalue weighted by Gasteiger charge is 2.30. The number of rotatable bonds is 1. The minimum Gasteiger partial charge on any atom is -0.297 e. The molecule has 0 N–H and O–H groups in total. The number of hydrogen-bond donors (Lipinski definition) is 0. The Morgan fingerprint density at radius 2 is 2.06 bits per heavy atom. The van der Waals surface area contributed by atoms with Gasteiger partial charge in [0, 0.05) is 0 Å². The standard InChI is InChI=1S/C11H8N2O2S/c14-7-5-10(15)13(6-7)11-12-8-3-1-2-4-9(8)16-11/h1-4H,5-6H2. The lowest BCUT2D eigenvalue weighted by molar-refractivity contribution is -0.121. The van der Waals surface area contributed by atoms with Crippen LogP contribution in [-0.4, -0.2) is 23.2 Å². The molecule has 16 heavy (non-hydrogen) atoms. The summed E-state index contributed by atoms with van der Waals surface area (Å²) in [5.74, 6) is -0.187. The molecule has 1 amide bonds. The van der Waals surface area contributed by atoms with Crippen molar-refractivity contribution in [3.05, 3.63) is 24.3 Å². The predicted molar refractivity (Wildman–Crippen MR) is 61.6 cm³/mol. The van der Waals surface area contributed by atoms with Crippen molar-refractivity contribution >= 4 is 38.4 Å². The molecule has 3 rings (SSSR count). The first-order valence-corrected chi connectivity index (χ1v) is 5.73. The van der Waals surface area contributed by atoms with Crippen molar-refractivity contribution in [3.8, 4) is 0 Å². The smallest absolute Gasteiger partial charge is 0.236 e. The van der Waals surface area contributed by atoms with E-state index in [9.17, 15) is 9.59 Å². The number of para-hydroxylation sites is 1. The number of aromatic nitrogens is 1.